The van der Waals surface area contributed by atoms with Crippen molar-refractivity contribution in [2.24, 2.45) is 5.73 Å². The summed E-state index contributed by atoms with van der Waals surface area (Å²) in [5, 5.41) is 4.11. The van der Waals surface area contributed by atoms with Crippen LogP contribution in [-0.4, -0.2) is 72.7 Å². The third-order valence-corrected chi connectivity index (χ3v) is 7.74. The van der Waals surface area contributed by atoms with E-state index in [1.807, 2.05) is 13.0 Å². The molecule has 3 rings (SSSR count). The van der Waals surface area contributed by atoms with Gasteiger partial charge in [0, 0.05) is 37.3 Å². The number of alkyl halides is 3. The van der Waals surface area contributed by atoms with Crippen LogP contribution in [0.3, 0.4) is 0 Å². The number of hydrogen-bond acceptors (Lipinski definition) is 8. The number of thioether (sulfide) groups is 1. The average molecular weight is 569 g/mol. The van der Waals surface area contributed by atoms with Crippen molar-refractivity contribution in [3.8, 4) is 5.75 Å². The molecule has 0 bridgehead atoms. The van der Waals surface area contributed by atoms with Crippen molar-refractivity contribution in [1.82, 2.24) is 15.1 Å². The number of allylic oxidation sites excluding steroid dienone is 2. The quantitative estimate of drug-likeness (QED) is 0.364. The van der Waals surface area contributed by atoms with Crippen molar-refractivity contribution in [2.45, 2.75) is 51.6 Å². The van der Waals surface area contributed by atoms with E-state index in [0.717, 1.165) is 30.1 Å². The number of esters is 1. The van der Waals surface area contributed by atoms with Gasteiger partial charge in [-0.15, -0.1) is 13.2 Å². The molecule has 1 aromatic rings. The first-order valence-corrected chi connectivity index (χ1v) is 13.6. The van der Waals surface area contributed by atoms with Gasteiger partial charge in [0.25, 0.3) is 0 Å². The van der Waals surface area contributed by atoms with E-state index in [4.69, 9.17) is 10.5 Å². The van der Waals surface area contributed by atoms with Crippen molar-refractivity contribution >= 4 is 35.4 Å². The third-order valence-electron chi connectivity index (χ3n) is 6.58. The summed E-state index contributed by atoms with van der Waals surface area (Å²) in [7, 11) is 1.18. The summed E-state index contributed by atoms with van der Waals surface area (Å²) in [4.78, 5) is 29.9. The molecule has 2 saturated heterocycles. The maximum absolute atomic E-state index is 13.4. The number of nitrogens with two attached hydrogens (primary N) is 1. The van der Waals surface area contributed by atoms with Crippen LogP contribution in [0.2, 0.25) is 0 Å². The number of carbonyl (C=O) groups is 2. The molecular weight excluding hydrogens is 533 g/mol. The smallest absolute Gasteiger partial charge is 0.467 e. The molecular formula is C27H35F3N4O4S. The molecule has 2 aliphatic rings. The summed E-state index contributed by atoms with van der Waals surface area (Å²) in [6, 6.07) is 0.890. The SMILES string of the molecule is C=C(N)c1cc(OC(F)(F)F)c(CC(C(=O)OC)N2CCC(N/C(=C/C)SCN3CCC3)C2=O)cc1/C=C\C. The maximum Gasteiger partial charge on any atom is 0.573 e. The second kappa shape index (κ2) is 13.3. The van der Waals surface area contributed by atoms with Crippen LogP contribution in [0.1, 0.15) is 43.4 Å². The van der Waals surface area contributed by atoms with E-state index in [1.54, 1.807) is 30.8 Å². The van der Waals surface area contributed by atoms with Gasteiger partial charge in [-0.25, -0.2) is 4.79 Å². The highest BCUT2D eigenvalue weighted by Gasteiger charge is 2.41. The number of ether oxygens (including phenoxy) is 2. The number of halogens is 3. The Labute approximate surface area is 231 Å². The zero-order valence-electron chi connectivity index (χ0n) is 22.3. The summed E-state index contributed by atoms with van der Waals surface area (Å²) >= 11 is 1.60. The van der Waals surface area contributed by atoms with Gasteiger partial charge in [0.15, 0.2) is 0 Å². The van der Waals surface area contributed by atoms with E-state index in [-0.39, 0.29) is 35.7 Å². The molecule has 39 heavy (non-hydrogen) atoms. The first-order valence-electron chi connectivity index (χ1n) is 12.6. The molecule has 0 aliphatic carbocycles. The predicted molar refractivity (Wildman–Crippen MR) is 146 cm³/mol. The first-order chi connectivity index (χ1) is 18.5. The van der Waals surface area contributed by atoms with E-state index in [0.29, 0.717) is 12.0 Å². The lowest BCUT2D eigenvalue weighted by Crippen LogP contribution is -2.47. The van der Waals surface area contributed by atoms with Crippen molar-refractivity contribution in [3.05, 3.63) is 52.6 Å². The van der Waals surface area contributed by atoms with Crippen LogP contribution in [0, 0.1) is 0 Å². The fraction of sp³-hybridized carbons (Fsp3) is 0.481. The molecule has 1 amide bonds. The van der Waals surface area contributed by atoms with E-state index >= 15 is 0 Å². The summed E-state index contributed by atoms with van der Waals surface area (Å²) < 4.78 is 49.2. The van der Waals surface area contributed by atoms with Crippen molar-refractivity contribution < 1.29 is 32.2 Å². The van der Waals surface area contributed by atoms with Gasteiger partial charge in [0.2, 0.25) is 5.91 Å². The summed E-state index contributed by atoms with van der Waals surface area (Å²) in [6.07, 6.45) is 1.63. The van der Waals surface area contributed by atoms with E-state index in [1.165, 1.54) is 24.5 Å². The molecule has 1 aromatic carbocycles. The lowest BCUT2D eigenvalue weighted by molar-refractivity contribution is -0.274. The number of nitrogens with one attached hydrogen (secondary N) is 1. The summed E-state index contributed by atoms with van der Waals surface area (Å²) in [5.41, 5.74) is 6.72. The van der Waals surface area contributed by atoms with Gasteiger partial charge in [-0.2, -0.15) is 0 Å². The standard InChI is InChI=1S/C27H35F3N4O4S/c1-5-8-18-13-19(23(38-27(28,29)30)15-20(18)17(3)31)14-22(26(36)37-4)34-12-9-21(25(34)35)32-24(6-2)39-16-33-10-7-11-33/h5-6,8,13,15,21-22,32H,3,7,9-12,14,16,31H2,1-2,4H3/b8-5-,24-6-. The number of methoxy groups -OCH3 is 1. The van der Waals surface area contributed by atoms with Crippen LogP contribution in [0.15, 0.2) is 35.9 Å². The lowest BCUT2D eigenvalue weighted by atomic mass is 9.96. The molecule has 8 nitrogen and oxygen atoms in total. The molecule has 2 atom stereocenters. The summed E-state index contributed by atoms with van der Waals surface area (Å²) in [5.74, 6) is -0.774. The fourth-order valence-corrected chi connectivity index (χ4v) is 5.45. The van der Waals surface area contributed by atoms with Crippen LogP contribution in [-0.2, 0) is 20.7 Å². The molecule has 0 aromatic heterocycles. The van der Waals surface area contributed by atoms with E-state index < -0.39 is 30.2 Å². The zero-order valence-corrected chi connectivity index (χ0v) is 23.2. The second-order valence-corrected chi connectivity index (χ2v) is 10.3. The highest BCUT2D eigenvalue weighted by atomic mass is 32.2. The minimum Gasteiger partial charge on any atom is -0.467 e. The maximum atomic E-state index is 13.4. The Morgan fingerprint density at radius 1 is 1.31 bits per heavy atom. The van der Waals surface area contributed by atoms with E-state index in [2.05, 4.69) is 21.5 Å². The van der Waals surface area contributed by atoms with Gasteiger partial charge in [-0.1, -0.05) is 36.6 Å². The zero-order chi connectivity index (χ0) is 28.7. The van der Waals surface area contributed by atoms with Crippen molar-refractivity contribution in [3.63, 3.8) is 0 Å². The lowest BCUT2D eigenvalue weighted by Gasteiger charge is -2.30. The second-order valence-electron chi connectivity index (χ2n) is 9.28. The number of carbonyl (C=O) groups excluding carboxylic acids is 2. The van der Waals surface area contributed by atoms with Crippen LogP contribution in [0.5, 0.6) is 5.75 Å². The molecule has 2 aliphatic heterocycles. The molecule has 2 fully saturated rings. The number of benzene rings is 1. The number of rotatable bonds is 12. The normalized spacial score (nSPS) is 19.2. The van der Waals surface area contributed by atoms with Gasteiger partial charge < -0.3 is 25.4 Å². The van der Waals surface area contributed by atoms with Gasteiger partial charge in [-0.3, -0.25) is 9.69 Å². The average Bonchev–Trinajstić information content (AvgIpc) is 3.20. The van der Waals surface area contributed by atoms with Gasteiger partial charge >= 0.3 is 12.3 Å². The topological polar surface area (TPSA) is 97.1 Å². The summed E-state index contributed by atoms with van der Waals surface area (Å²) in [6.45, 7) is 9.61. The van der Waals surface area contributed by atoms with Crippen LogP contribution >= 0.6 is 11.8 Å². The minimum absolute atomic E-state index is 0.0570. The molecule has 0 radical (unpaired) electrons. The van der Waals surface area contributed by atoms with Gasteiger partial charge in [0.05, 0.1) is 18.0 Å². The first kappa shape index (κ1) is 30.4. The van der Waals surface area contributed by atoms with Crippen LogP contribution in [0.4, 0.5) is 13.2 Å². The molecule has 0 spiro atoms. The fourth-order valence-electron chi connectivity index (χ4n) is 4.48. The molecule has 214 valence electrons. The number of likely N-dealkylation sites (tertiary alicyclic amines) is 2. The molecule has 12 heteroatoms. The Hall–Kier alpha value is -3.12. The molecule has 2 unspecified atom stereocenters. The Morgan fingerprint density at radius 3 is 2.56 bits per heavy atom. The number of hydrogen-bond donors (Lipinski definition) is 2. The largest absolute Gasteiger partial charge is 0.573 e. The Morgan fingerprint density at radius 2 is 2.03 bits per heavy atom. The molecule has 0 saturated carbocycles. The number of nitrogens with zero attached hydrogens (tertiary/aromatic N) is 2. The Kier molecular flexibility index (Phi) is 10.4. The molecule has 2 heterocycles. The highest BCUT2D eigenvalue weighted by Crippen LogP contribution is 2.34. The van der Waals surface area contributed by atoms with E-state index in [9.17, 15) is 22.8 Å². The van der Waals surface area contributed by atoms with Gasteiger partial charge in [-0.05, 0) is 49.9 Å². The van der Waals surface area contributed by atoms with Crippen molar-refractivity contribution in [2.75, 3.05) is 32.6 Å². The molecule has 3 N–H and O–H groups in total. The van der Waals surface area contributed by atoms with Crippen LogP contribution < -0.4 is 15.8 Å². The predicted octanol–water partition coefficient (Wildman–Crippen LogP) is 4.08. The third kappa shape index (κ3) is 7.95. The Balaban J connectivity index is 1.87. The Bertz CT molecular complexity index is 1130. The monoisotopic (exact) mass is 568 g/mol. The van der Waals surface area contributed by atoms with Crippen molar-refractivity contribution in [1.29, 1.82) is 0 Å². The number of amides is 1. The van der Waals surface area contributed by atoms with Gasteiger partial charge in [0.1, 0.15) is 17.8 Å². The van der Waals surface area contributed by atoms with Crippen LogP contribution in [0.25, 0.3) is 11.8 Å². The highest BCUT2D eigenvalue weighted by molar-refractivity contribution is 8.02. The minimum atomic E-state index is -4.99.